The van der Waals surface area contributed by atoms with Crippen molar-refractivity contribution in [1.29, 1.82) is 0 Å². The number of rotatable bonds is 6. The molecule has 0 aliphatic heterocycles. The molecule has 0 saturated carbocycles. The third kappa shape index (κ3) is 3.32. The second kappa shape index (κ2) is 6.34. The van der Waals surface area contributed by atoms with Crippen LogP contribution in [-0.2, 0) is 11.3 Å². The molecule has 1 heterocycles. The smallest absolute Gasteiger partial charge is 0.126 e. The second-order valence-electron chi connectivity index (χ2n) is 2.85. The van der Waals surface area contributed by atoms with Gasteiger partial charge >= 0.3 is 0 Å². The summed E-state index contributed by atoms with van der Waals surface area (Å²) in [5.41, 5.74) is 1.06. The average molecular weight is 196 g/mol. The Labute approximate surface area is 84.3 Å². The van der Waals surface area contributed by atoms with Gasteiger partial charge in [0.25, 0.3) is 0 Å². The van der Waals surface area contributed by atoms with Crippen LogP contribution in [0.15, 0.2) is 18.5 Å². The Morgan fingerprint density at radius 1 is 1.43 bits per heavy atom. The van der Waals surface area contributed by atoms with E-state index >= 15 is 0 Å². The van der Waals surface area contributed by atoms with E-state index in [1.54, 1.807) is 19.5 Å². The molecule has 0 saturated heterocycles. The molecule has 0 spiro atoms. The van der Waals surface area contributed by atoms with Crippen LogP contribution in [-0.4, -0.2) is 32.4 Å². The van der Waals surface area contributed by atoms with E-state index in [0.717, 1.165) is 17.9 Å². The van der Waals surface area contributed by atoms with E-state index < -0.39 is 0 Å². The zero-order valence-corrected chi connectivity index (χ0v) is 8.62. The number of ether oxygens (including phenoxy) is 2. The molecule has 4 nitrogen and oxygen atoms in total. The molecular weight excluding hydrogens is 180 g/mol. The summed E-state index contributed by atoms with van der Waals surface area (Å²) < 4.78 is 10.4. The highest BCUT2D eigenvalue weighted by Crippen LogP contribution is 2.15. The highest BCUT2D eigenvalue weighted by Gasteiger charge is 2.01. The van der Waals surface area contributed by atoms with Crippen molar-refractivity contribution in [3.05, 3.63) is 24.0 Å². The minimum atomic E-state index is 0.567. The van der Waals surface area contributed by atoms with Crippen molar-refractivity contribution in [3.8, 4) is 5.75 Å². The molecule has 1 aromatic rings. The summed E-state index contributed by atoms with van der Waals surface area (Å²) in [4.78, 5) is 4.04. The number of nitrogens with one attached hydrogen (secondary N) is 1. The minimum Gasteiger partial charge on any atom is -0.491 e. The average Bonchev–Trinajstić information content (AvgIpc) is 2.21. The molecule has 0 bridgehead atoms. The van der Waals surface area contributed by atoms with Gasteiger partial charge in [0.05, 0.1) is 6.61 Å². The summed E-state index contributed by atoms with van der Waals surface area (Å²) in [7, 11) is 3.55. The molecule has 78 valence electrons. The maximum atomic E-state index is 5.53. The molecule has 0 amide bonds. The van der Waals surface area contributed by atoms with Crippen LogP contribution in [0.4, 0.5) is 0 Å². The van der Waals surface area contributed by atoms with Gasteiger partial charge in [-0.1, -0.05) is 0 Å². The standard InChI is InChI=1S/C10H16N2O2/c1-11-7-9-8-12-4-3-10(9)14-6-5-13-2/h3-4,8,11H,5-7H2,1-2H3. The van der Waals surface area contributed by atoms with Gasteiger partial charge in [0.15, 0.2) is 0 Å². The fourth-order valence-electron chi connectivity index (χ4n) is 1.11. The molecule has 0 unspecified atom stereocenters. The number of hydrogen-bond acceptors (Lipinski definition) is 4. The van der Waals surface area contributed by atoms with Gasteiger partial charge in [0.2, 0.25) is 0 Å². The Hall–Kier alpha value is -1.13. The summed E-state index contributed by atoms with van der Waals surface area (Å²) in [5.74, 6) is 0.867. The van der Waals surface area contributed by atoms with Gasteiger partial charge in [-0.25, -0.2) is 0 Å². The van der Waals surface area contributed by atoms with Gasteiger partial charge in [-0.3, -0.25) is 4.98 Å². The molecule has 1 N–H and O–H groups in total. The van der Waals surface area contributed by atoms with Crippen molar-refractivity contribution >= 4 is 0 Å². The Morgan fingerprint density at radius 2 is 2.29 bits per heavy atom. The lowest BCUT2D eigenvalue weighted by Crippen LogP contribution is -2.10. The maximum absolute atomic E-state index is 5.53. The van der Waals surface area contributed by atoms with Crippen LogP contribution < -0.4 is 10.1 Å². The molecule has 0 aliphatic rings. The van der Waals surface area contributed by atoms with Crippen LogP contribution in [0.1, 0.15) is 5.56 Å². The predicted octanol–water partition coefficient (Wildman–Crippen LogP) is 0.826. The SMILES string of the molecule is CNCc1cnccc1OCCOC. The van der Waals surface area contributed by atoms with Gasteiger partial charge < -0.3 is 14.8 Å². The monoisotopic (exact) mass is 196 g/mol. The summed E-state index contributed by atoms with van der Waals surface area (Å²) in [5, 5.41) is 3.06. The third-order valence-electron chi connectivity index (χ3n) is 1.77. The molecular formula is C10H16N2O2. The Bertz CT molecular complexity index is 266. The van der Waals surface area contributed by atoms with Crippen molar-refractivity contribution in [1.82, 2.24) is 10.3 Å². The van der Waals surface area contributed by atoms with Crippen molar-refractivity contribution < 1.29 is 9.47 Å². The lowest BCUT2D eigenvalue weighted by molar-refractivity contribution is 0.145. The van der Waals surface area contributed by atoms with Crippen LogP contribution in [0.5, 0.6) is 5.75 Å². The fraction of sp³-hybridized carbons (Fsp3) is 0.500. The maximum Gasteiger partial charge on any atom is 0.126 e. The predicted molar refractivity (Wildman–Crippen MR) is 54.4 cm³/mol. The first-order valence-corrected chi connectivity index (χ1v) is 4.57. The lowest BCUT2D eigenvalue weighted by atomic mass is 10.2. The molecule has 0 radical (unpaired) electrons. The van der Waals surface area contributed by atoms with E-state index in [4.69, 9.17) is 9.47 Å². The topological polar surface area (TPSA) is 43.4 Å². The number of nitrogens with zero attached hydrogens (tertiary/aromatic N) is 1. The Balaban J connectivity index is 2.55. The first-order chi connectivity index (χ1) is 6.88. The molecule has 0 aromatic carbocycles. The number of aromatic nitrogens is 1. The highest BCUT2D eigenvalue weighted by molar-refractivity contribution is 5.29. The van der Waals surface area contributed by atoms with Gasteiger partial charge in [-0.2, -0.15) is 0 Å². The highest BCUT2D eigenvalue weighted by atomic mass is 16.5. The lowest BCUT2D eigenvalue weighted by Gasteiger charge is -2.09. The van der Waals surface area contributed by atoms with Crippen molar-refractivity contribution in [2.75, 3.05) is 27.4 Å². The van der Waals surface area contributed by atoms with E-state index in [2.05, 4.69) is 10.3 Å². The van der Waals surface area contributed by atoms with Crippen molar-refractivity contribution in [2.45, 2.75) is 6.54 Å². The van der Waals surface area contributed by atoms with Crippen molar-refractivity contribution in [3.63, 3.8) is 0 Å². The van der Waals surface area contributed by atoms with Gasteiger partial charge in [-0.15, -0.1) is 0 Å². The molecule has 0 atom stereocenters. The van der Waals surface area contributed by atoms with Gasteiger partial charge in [-0.05, 0) is 13.1 Å². The van der Waals surface area contributed by atoms with E-state index in [1.165, 1.54) is 0 Å². The molecule has 1 aromatic heterocycles. The van der Waals surface area contributed by atoms with Crippen LogP contribution >= 0.6 is 0 Å². The van der Waals surface area contributed by atoms with E-state index in [9.17, 15) is 0 Å². The minimum absolute atomic E-state index is 0.567. The van der Waals surface area contributed by atoms with Crippen LogP contribution in [0.25, 0.3) is 0 Å². The zero-order chi connectivity index (χ0) is 10.2. The summed E-state index contributed by atoms with van der Waals surface area (Å²) in [6, 6.07) is 1.86. The number of hydrogen-bond donors (Lipinski definition) is 1. The third-order valence-corrected chi connectivity index (χ3v) is 1.77. The van der Waals surface area contributed by atoms with E-state index in [-0.39, 0.29) is 0 Å². The fourth-order valence-corrected chi connectivity index (χ4v) is 1.11. The molecule has 0 fully saturated rings. The second-order valence-corrected chi connectivity index (χ2v) is 2.85. The van der Waals surface area contributed by atoms with Crippen LogP contribution in [0, 0.1) is 0 Å². The van der Waals surface area contributed by atoms with Crippen LogP contribution in [0.2, 0.25) is 0 Å². The van der Waals surface area contributed by atoms with Gasteiger partial charge in [0.1, 0.15) is 12.4 Å². The summed E-state index contributed by atoms with van der Waals surface area (Å²) >= 11 is 0. The normalized spacial score (nSPS) is 10.1. The van der Waals surface area contributed by atoms with E-state index in [0.29, 0.717) is 13.2 Å². The van der Waals surface area contributed by atoms with Crippen LogP contribution in [0.3, 0.4) is 0 Å². The first-order valence-electron chi connectivity index (χ1n) is 4.57. The zero-order valence-electron chi connectivity index (χ0n) is 8.62. The Morgan fingerprint density at radius 3 is 3.00 bits per heavy atom. The summed E-state index contributed by atoms with van der Waals surface area (Å²) in [6.07, 6.45) is 3.53. The number of methoxy groups -OCH3 is 1. The Kier molecular flexibility index (Phi) is 4.96. The molecule has 1 rings (SSSR count). The number of pyridine rings is 1. The van der Waals surface area contributed by atoms with Gasteiger partial charge in [0, 0.05) is 31.6 Å². The quantitative estimate of drug-likeness (QED) is 0.684. The van der Waals surface area contributed by atoms with Crippen molar-refractivity contribution in [2.24, 2.45) is 0 Å². The van der Waals surface area contributed by atoms with E-state index in [1.807, 2.05) is 13.1 Å². The first kappa shape index (κ1) is 10.9. The largest absolute Gasteiger partial charge is 0.491 e. The molecule has 4 heteroatoms. The molecule has 14 heavy (non-hydrogen) atoms. The summed E-state index contributed by atoms with van der Waals surface area (Å²) in [6.45, 7) is 1.93. The molecule has 0 aliphatic carbocycles.